The Hall–Kier alpha value is -0.870. The van der Waals surface area contributed by atoms with Crippen molar-refractivity contribution in [2.45, 2.75) is 37.8 Å². The highest BCUT2D eigenvalue weighted by atomic mass is 16.3. The third kappa shape index (κ3) is 3.32. The van der Waals surface area contributed by atoms with Crippen LogP contribution in [0.25, 0.3) is 0 Å². The number of nitrogens with one attached hydrogen (secondary N) is 1. The van der Waals surface area contributed by atoms with E-state index in [2.05, 4.69) is 10.3 Å². The third-order valence-corrected chi connectivity index (χ3v) is 2.84. The molecule has 4 nitrogen and oxygen atoms in total. The lowest BCUT2D eigenvalue weighted by molar-refractivity contribution is 0.160. The van der Waals surface area contributed by atoms with E-state index in [4.69, 9.17) is 0 Å². The summed E-state index contributed by atoms with van der Waals surface area (Å²) in [5.74, 6) is 1.04. The number of nitrogens with zero attached hydrogens (tertiary/aromatic N) is 2. The molecular weight excluding hydrogens is 190 g/mol. The predicted octanol–water partition coefficient (Wildman–Crippen LogP) is 0.466. The largest absolute Gasteiger partial charge is 0.392 e. The molecule has 1 fully saturated rings. The van der Waals surface area contributed by atoms with Crippen molar-refractivity contribution >= 4 is 0 Å². The molecule has 1 unspecified atom stereocenters. The van der Waals surface area contributed by atoms with Crippen molar-refractivity contribution in [1.82, 2.24) is 14.9 Å². The summed E-state index contributed by atoms with van der Waals surface area (Å²) in [4.78, 5) is 4.23. The van der Waals surface area contributed by atoms with Crippen LogP contribution in [-0.2, 0) is 13.5 Å². The van der Waals surface area contributed by atoms with E-state index in [1.165, 1.54) is 12.8 Å². The summed E-state index contributed by atoms with van der Waals surface area (Å²) in [5.41, 5.74) is 0. The molecular formula is C11H19N3O. The van der Waals surface area contributed by atoms with Crippen LogP contribution in [0.2, 0.25) is 0 Å². The normalized spacial score (nSPS) is 18.0. The molecule has 84 valence electrons. The highest BCUT2D eigenvalue weighted by Gasteiger charge is 2.21. The Labute approximate surface area is 90.3 Å². The Morgan fingerprint density at radius 3 is 3.07 bits per heavy atom. The Morgan fingerprint density at radius 1 is 1.67 bits per heavy atom. The van der Waals surface area contributed by atoms with Gasteiger partial charge in [0.2, 0.25) is 0 Å². The number of rotatable bonds is 6. The van der Waals surface area contributed by atoms with Crippen molar-refractivity contribution in [2.24, 2.45) is 7.05 Å². The third-order valence-electron chi connectivity index (χ3n) is 2.84. The van der Waals surface area contributed by atoms with Gasteiger partial charge in [-0.15, -0.1) is 0 Å². The first-order chi connectivity index (χ1) is 7.25. The summed E-state index contributed by atoms with van der Waals surface area (Å²) in [6.07, 6.45) is 7.65. The molecule has 1 aliphatic rings. The van der Waals surface area contributed by atoms with Crippen LogP contribution in [0.4, 0.5) is 0 Å². The van der Waals surface area contributed by atoms with Crippen LogP contribution in [-0.4, -0.2) is 33.3 Å². The molecule has 0 saturated heterocycles. The first-order valence-electron chi connectivity index (χ1n) is 5.63. The number of aryl methyl sites for hydroxylation is 2. The van der Waals surface area contributed by atoms with E-state index >= 15 is 0 Å². The summed E-state index contributed by atoms with van der Waals surface area (Å²) in [5, 5.41) is 13.0. The molecule has 1 heterocycles. The highest BCUT2D eigenvalue weighted by molar-refractivity contribution is 4.91. The van der Waals surface area contributed by atoms with E-state index < -0.39 is 0 Å². The second-order valence-corrected chi connectivity index (χ2v) is 4.33. The Balaban J connectivity index is 1.65. The maximum atomic E-state index is 9.72. The summed E-state index contributed by atoms with van der Waals surface area (Å²) >= 11 is 0. The predicted molar refractivity (Wildman–Crippen MR) is 58.6 cm³/mol. The fraction of sp³-hybridized carbons (Fsp3) is 0.727. The van der Waals surface area contributed by atoms with E-state index in [0.29, 0.717) is 6.04 Å². The summed E-state index contributed by atoms with van der Waals surface area (Å²) in [6.45, 7) is 0.717. The number of hydrogen-bond donors (Lipinski definition) is 2. The molecule has 1 atom stereocenters. The van der Waals surface area contributed by atoms with Gasteiger partial charge in [-0.1, -0.05) is 0 Å². The zero-order valence-corrected chi connectivity index (χ0v) is 9.19. The molecule has 0 bridgehead atoms. The number of aliphatic hydroxyl groups is 1. The monoisotopic (exact) mass is 209 g/mol. The summed E-state index contributed by atoms with van der Waals surface area (Å²) < 4.78 is 2.00. The molecule has 0 aliphatic heterocycles. The van der Waals surface area contributed by atoms with Crippen LogP contribution in [0.5, 0.6) is 0 Å². The van der Waals surface area contributed by atoms with Crippen LogP contribution in [0.15, 0.2) is 12.4 Å². The topological polar surface area (TPSA) is 50.1 Å². The summed E-state index contributed by atoms with van der Waals surface area (Å²) in [6, 6.07) is 0.674. The van der Waals surface area contributed by atoms with Gasteiger partial charge in [-0.3, -0.25) is 0 Å². The smallest absolute Gasteiger partial charge is 0.108 e. The Kier molecular flexibility index (Phi) is 3.38. The molecule has 4 heteroatoms. The van der Waals surface area contributed by atoms with Crippen molar-refractivity contribution in [3.05, 3.63) is 18.2 Å². The fourth-order valence-corrected chi connectivity index (χ4v) is 1.63. The van der Waals surface area contributed by atoms with E-state index in [1.807, 2.05) is 17.8 Å². The van der Waals surface area contributed by atoms with E-state index in [0.717, 1.165) is 25.2 Å². The van der Waals surface area contributed by atoms with Gasteiger partial charge in [0.05, 0.1) is 6.10 Å². The van der Waals surface area contributed by atoms with Gasteiger partial charge in [-0.2, -0.15) is 0 Å². The molecule has 2 rings (SSSR count). The van der Waals surface area contributed by atoms with Gasteiger partial charge >= 0.3 is 0 Å². The quantitative estimate of drug-likeness (QED) is 0.716. The molecule has 1 saturated carbocycles. The number of imidazole rings is 1. The van der Waals surface area contributed by atoms with Crippen LogP contribution in [0, 0.1) is 0 Å². The van der Waals surface area contributed by atoms with E-state index in [-0.39, 0.29) is 6.10 Å². The molecule has 1 aromatic rings. The van der Waals surface area contributed by atoms with Crippen molar-refractivity contribution in [1.29, 1.82) is 0 Å². The maximum absolute atomic E-state index is 9.72. The van der Waals surface area contributed by atoms with Crippen LogP contribution >= 0.6 is 0 Å². The van der Waals surface area contributed by atoms with Gasteiger partial charge in [0.25, 0.3) is 0 Å². The van der Waals surface area contributed by atoms with Crippen LogP contribution in [0.3, 0.4) is 0 Å². The van der Waals surface area contributed by atoms with Crippen LogP contribution < -0.4 is 5.32 Å². The molecule has 2 N–H and O–H groups in total. The van der Waals surface area contributed by atoms with Crippen molar-refractivity contribution in [2.75, 3.05) is 6.54 Å². The maximum Gasteiger partial charge on any atom is 0.108 e. The SMILES string of the molecule is Cn1ccnc1CCC(O)CNC1CC1. The van der Waals surface area contributed by atoms with Crippen molar-refractivity contribution in [3.63, 3.8) is 0 Å². The number of aliphatic hydroxyl groups excluding tert-OH is 1. The first kappa shape index (κ1) is 10.6. The zero-order chi connectivity index (χ0) is 10.7. The lowest BCUT2D eigenvalue weighted by Gasteiger charge is -2.10. The zero-order valence-electron chi connectivity index (χ0n) is 9.19. The molecule has 15 heavy (non-hydrogen) atoms. The Morgan fingerprint density at radius 2 is 2.47 bits per heavy atom. The average molecular weight is 209 g/mol. The van der Waals surface area contributed by atoms with Gasteiger partial charge in [-0.25, -0.2) is 4.98 Å². The second kappa shape index (κ2) is 4.77. The van der Waals surface area contributed by atoms with Crippen molar-refractivity contribution in [3.8, 4) is 0 Å². The van der Waals surface area contributed by atoms with E-state index in [9.17, 15) is 5.11 Å². The molecule has 0 amide bonds. The minimum absolute atomic E-state index is 0.248. The van der Waals surface area contributed by atoms with Gasteiger partial charge in [-0.05, 0) is 19.3 Å². The number of aromatic nitrogens is 2. The second-order valence-electron chi connectivity index (χ2n) is 4.33. The number of hydrogen-bond acceptors (Lipinski definition) is 3. The van der Waals surface area contributed by atoms with Gasteiger partial charge in [0.15, 0.2) is 0 Å². The van der Waals surface area contributed by atoms with Crippen molar-refractivity contribution < 1.29 is 5.11 Å². The van der Waals surface area contributed by atoms with E-state index in [1.54, 1.807) is 6.20 Å². The van der Waals surface area contributed by atoms with Gasteiger partial charge in [0, 0.05) is 38.4 Å². The minimum atomic E-state index is -0.248. The Bertz CT molecular complexity index is 307. The minimum Gasteiger partial charge on any atom is -0.392 e. The highest BCUT2D eigenvalue weighted by Crippen LogP contribution is 2.18. The summed E-state index contributed by atoms with van der Waals surface area (Å²) in [7, 11) is 1.98. The lowest BCUT2D eigenvalue weighted by atomic mass is 10.2. The average Bonchev–Trinajstić information content (AvgIpc) is 2.96. The molecule has 0 radical (unpaired) electrons. The molecule has 0 spiro atoms. The van der Waals surface area contributed by atoms with Gasteiger partial charge in [0.1, 0.15) is 5.82 Å². The fourth-order valence-electron chi connectivity index (χ4n) is 1.63. The first-order valence-corrected chi connectivity index (χ1v) is 5.63. The molecule has 1 aliphatic carbocycles. The molecule has 0 aromatic carbocycles. The van der Waals surface area contributed by atoms with Crippen LogP contribution in [0.1, 0.15) is 25.1 Å². The van der Waals surface area contributed by atoms with Gasteiger partial charge < -0.3 is 15.0 Å². The molecule has 1 aromatic heterocycles. The standard InChI is InChI=1S/C11H19N3O/c1-14-7-6-12-11(14)5-4-10(15)8-13-9-2-3-9/h6-7,9-10,13,15H,2-5,8H2,1H3. The lowest BCUT2D eigenvalue weighted by Crippen LogP contribution is -2.28.